The molecule has 498 valence electrons. The Kier molecular flexibility index (Phi) is 22.0. The zero-order chi connectivity index (χ0) is 62.6. The average molecular weight is 1200 g/mol. The summed E-state index contributed by atoms with van der Waals surface area (Å²) < 4.78 is 5.79. The van der Waals surface area contributed by atoms with Crippen LogP contribution in [0.2, 0.25) is 0 Å². The third kappa shape index (κ3) is 13.3. The smallest absolute Gasteiger partial charge is 0.0578 e. The largest absolute Gasteiger partial charge is 0.393 e. The Morgan fingerprint density at radius 2 is 1.02 bits per heavy atom. The number of ether oxygens (including phenoxy) is 1. The lowest BCUT2D eigenvalue weighted by Gasteiger charge is -2.61. The Morgan fingerprint density at radius 3 is 1.56 bits per heavy atom. The first-order chi connectivity index (χ1) is 41.2. The van der Waals surface area contributed by atoms with Crippen LogP contribution in [-0.2, 0) is 4.74 Å². The Bertz CT molecular complexity index is 2230. The molecule has 12 aliphatic rings. The van der Waals surface area contributed by atoms with Crippen LogP contribution in [0.1, 0.15) is 310 Å². The van der Waals surface area contributed by atoms with E-state index in [9.17, 15) is 5.11 Å². The molecule has 0 spiro atoms. The van der Waals surface area contributed by atoms with E-state index >= 15 is 0 Å². The van der Waals surface area contributed by atoms with Crippen LogP contribution in [0, 0.1) is 151 Å². The standard InChI is InChI=1S/C28H51N.C28H44O.C28H50O/c1-19(2)8-7-9-20(3)24-12-13-25-23-11-10-21-18-22(29-6)14-16-27(21,4)26(23)15-17-28(24,25)5;1-18(2)19(3)7-8-20(4)24-11-12-25-23-10-9-21-17-22(29)13-15-27(21,5)26(23)14-16-28(24,25)6;1-19(2)8-7-9-20(3)24-12-13-25-23-11-10-21-18-22(29-6)14-16-27(21,4)26(23)15-17-28(24,25)5/h19-26,29H,7-18H2,1-6H3;7-10,18-20,22,24-26,29H,11-17H2,1-6H3;19-26H,7-18H2,1-6H3/b;8-7+;. The van der Waals surface area contributed by atoms with Crippen LogP contribution < -0.4 is 5.32 Å². The van der Waals surface area contributed by atoms with Crippen molar-refractivity contribution in [3.05, 3.63) is 35.5 Å². The molecule has 12 rings (SSSR count). The summed E-state index contributed by atoms with van der Waals surface area (Å²) in [5, 5.41) is 13.8. The van der Waals surface area contributed by atoms with Gasteiger partial charge in [-0.05, 0) is 318 Å². The maximum Gasteiger partial charge on any atom is 0.0578 e. The molecule has 3 heteroatoms. The molecular formula is C84H145NO2. The van der Waals surface area contributed by atoms with Crippen molar-refractivity contribution in [2.24, 2.45) is 151 Å². The van der Waals surface area contributed by atoms with E-state index in [2.05, 4.69) is 147 Å². The lowest BCUT2D eigenvalue weighted by atomic mass is 9.44. The summed E-state index contributed by atoms with van der Waals surface area (Å²) in [5.41, 5.74) is 6.63. The summed E-state index contributed by atoms with van der Waals surface area (Å²) in [6, 6.07) is 0.793. The van der Waals surface area contributed by atoms with Gasteiger partial charge >= 0.3 is 0 Å². The molecule has 11 saturated carbocycles. The summed E-state index contributed by atoms with van der Waals surface area (Å²) in [7, 11) is 4.12. The Labute approximate surface area is 540 Å². The van der Waals surface area contributed by atoms with Crippen molar-refractivity contribution in [1.82, 2.24) is 5.32 Å². The maximum absolute atomic E-state index is 10.2. The second kappa shape index (κ2) is 27.8. The minimum absolute atomic E-state index is 0.116. The molecule has 2 N–H and O–H groups in total. The minimum atomic E-state index is -0.116. The zero-order valence-electron chi connectivity index (χ0n) is 60.9. The molecule has 0 amide bonds. The van der Waals surface area contributed by atoms with Crippen molar-refractivity contribution in [2.75, 3.05) is 14.2 Å². The molecule has 0 saturated heterocycles. The van der Waals surface area contributed by atoms with Gasteiger partial charge in [-0.25, -0.2) is 0 Å². The van der Waals surface area contributed by atoms with Crippen molar-refractivity contribution < 1.29 is 9.84 Å². The average Bonchev–Trinajstić information content (AvgIpc) is 1.73. The van der Waals surface area contributed by atoms with Crippen molar-refractivity contribution >= 4 is 0 Å². The van der Waals surface area contributed by atoms with Gasteiger partial charge in [-0.1, -0.05) is 185 Å². The summed E-state index contributed by atoms with van der Waals surface area (Å²) in [6.07, 6.45) is 54.4. The third-order valence-electron chi connectivity index (χ3n) is 32.4. The second-order valence-electron chi connectivity index (χ2n) is 37.6. The summed E-state index contributed by atoms with van der Waals surface area (Å²) in [6.45, 7) is 40.3. The predicted molar refractivity (Wildman–Crippen MR) is 373 cm³/mol. The number of hydrogen-bond donors (Lipinski definition) is 2. The number of methoxy groups -OCH3 is 1. The van der Waals surface area contributed by atoms with Gasteiger partial charge in [0.25, 0.3) is 0 Å². The van der Waals surface area contributed by atoms with Gasteiger partial charge in [-0.15, -0.1) is 0 Å². The number of aliphatic hydroxyl groups is 1. The van der Waals surface area contributed by atoms with Crippen LogP contribution in [0.3, 0.4) is 0 Å². The second-order valence-corrected chi connectivity index (χ2v) is 37.6. The normalized spacial score (nSPS) is 46.7. The first-order valence-corrected chi connectivity index (χ1v) is 39.2. The van der Waals surface area contributed by atoms with Crippen LogP contribution >= 0.6 is 0 Å². The highest BCUT2D eigenvalue weighted by atomic mass is 16.5. The molecule has 0 aliphatic heterocycles. The van der Waals surface area contributed by atoms with Crippen molar-refractivity contribution in [3.63, 3.8) is 0 Å². The molecule has 12 aliphatic carbocycles. The lowest BCUT2D eigenvalue weighted by molar-refractivity contribution is -0.133. The Hall–Kier alpha value is -0.900. The van der Waals surface area contributed by atoms with Crippen LogP contribution in [-0.4, -0.2) is 37.5 Å². The number of allylic oxidation sites excluding steroid dienone is 5. The van der Waals surface area contributed by atoms with Crippen LogP contribution in [0.4, 0.5) is 0 Å². The number of hydrogen-bond acceptors (Lipinski definition) is 3. The van der Waals surface area contributed by atoms with Gasteiger partial charge in [-0.3, -0.25) is 0 Å². The van der Waals surface area contributed by atoms with Gasteiger partial charge in [0.1, 0.15) is 0 Å². The minimum Gasteiger partial charge on any atom is -0.393 e. The third-order valence-corrected chi connectivity index (χ3v) is 32.4. The van der Waals surface area contributed by atoms with Gasteiger partial charge in [0.15, 0.2) is 0 Å². The predicted octanol–water partition coefficient (Wildman–Crippen LogP) is 23.1. The fourth-order valence-electron chi connectivity index (χ4n) is 26.6. The molecule has 0 bridgehead atoms. The van der Waals surface area contributed by atoms with E-state index in [0.29, 0.717) is 50.4 Å². The molecule has 0 aromatic carbocycles. The highest BCUT2D eigenvalue weighted by molar-refractivity contribution is 5.39. The summed E-state index contributed by atoms with van der Waals surface area (Å²) in [5.74, 6) is 18.1. The number of aliphatic hydroxyl groups excluding tert-OH is 1. The Morgan fingerprint density at radius 1 is 0.506 bits per heavy atom. The highest BCUT2D eigenvalue weighted by Crippen LogP contribution is 2.71. The van der Waals surface area contributed by atoms with E-state index in [-0.39, 0.29) is 6.10 Å². The fraction of sp³-hybridized carbons (Fsp3) is 0.929. The first-order valence-electron chi connectivity index (χ1n) is 39.2. The van der Waals surface area contributed by atoms with E-state index in [0.717, 1.165) is 125 Å². The number of fused-ring (bicyclic) bond motifs is 15. The molecule has 0 aromatic rings. The molecule has 3 nitrogen and oxygen atoms in total. The zero-order valence-corrected chi connectivity index (χ0v) is 60.9. The molecule has 0 aromatic heterocycles. The lowest BCUT2D eigenvalue weighted by Crippen LogP contribution is -2.55. The molecular weight excluding hydrogens is 1050 g/mol. The molecule has 11 fully saturated rings. The molecule has 0 heterocycles. The van der Waals surface area contributed by atoms with Crippen molar-refractivity contribution in [3.8, 4) is 0 Å². The summed E-state index contributed by atoms with van der Waals surface area (Å²) in [4.78, 5) is 0. The van der Waals surface area contributed by atoms with E-state index in [1.54, 1.807) is 24.8 Å². The van der Waals surface area contributed by atoms with Crippen LogP contribution in [0.15, 0.2) is 35.5 Å². The van der Waals surface area contributed by atoms with E-state index < -0.39 is 0 Å². The molecule has 0 radical (unpaired) electrons. The fourth-order valence-corrected chi connectivity index (χ4v) is 26.6. The SMILES string of the molecule is CC(C)C(C)/C=C/C(C)C1CCC2C3=CC=C4CC(O)CCC4(C)C3CCC21C.CNC1CCC2(C)C(CCC3C2CCC2(C)C(C(C)CCCC(C)C)CCC32)C1.COC1CCC2(C)C(CCC3C2CCC2(C)C(C(C)CCCC(C)C)CCC32)C1. The van der Waals surface area contributed by atoms with Crippen LogP contribution in [0.25, 0.3) is 0 Å². The van der Waals surface area contributed by atoms with Crippen molar-refractivity contribution in [2.45, 2.75) is 328 Å². The Balaban J connectivity index is 0.000000144. The summed E-state index contributed by atoms with van der Waals surface area (Å²) >= 11 is 0. The van der Waals surface area contributed by atoms with Crippen molar-refractivity contribution in [1.29, 1.82) is 0 Å². The van der Waals surface area contributed by atoms with Gasteiger partial charge in [0, 0.05) is 13.2 Å². The highest BCUT2D eigenvalue weighted by Gasteiger charge is 2.63. The van der Waals surface area contributed by atoms with Gasteiger partial charge < -0.3 is 15.2 Å². The van der Waals surface area contributed by atoms with Crippen LogP contribution in [0.5, 0.6) is 0 Å². The monoisotopic (exact) mass is 1200 g/mol. The number of nitrogens with one attached hydrogen (secondary N) is 1. The van der Waals surface area contributed by atoms with E-state index in [1.807, 2.05) is 7.11 Å². The van der Waals surface area contributed by atoms with E-state index in [1.165, 1.54) is 173 Å². The van der Waals surface area contributed by atoms with Gasteiger partial charge in [-0.2, -0.15) is 0 Å². The molecule has 26 atom stereocenters. The van der Waals surface area contributed by atoms with Gasteiger partial charge in [0.05, 0.1) is 12.2 Å². The van der Waals surface area contributed by atoms with Gasteiger partial charge in [0.2, 0.25) is 0 Å². The quantitative estimate of drug-likeness (QED) is 0.151. The topological polar surface area (TPSA) is 41.5 Å². The van der Waals surface area contributed by atoms with E-state index in [4.69, 9.17) is 4.74 Å². The molecule has 87 heavy (non-hydrogen) atoms. The first kappa shape index (κ1) is 68.9. The maximum atomic E-state index is 10.2. The number of rotatable bonds is 16. The molecule has 26 unspecified atom stereocenters.